The number of allylic oxidation sites excluding steroid dienone is 1. The number of hydrogen-bond donors (Lipinski definition) is 2. The molecule has 2 N–H and O–H groups in total. The van der Waals surface area contributed by atoms with Crippen LogP contribution in [0.3, 0.4) is 0 Å². The number of nitrogens with one attached hydrogen (secondary N) is 1. The van der Waals surface area contributed by atoms with Gasteiger partial charge in [-0.25, -0.2) is 4.39 Å². The number of ketones is 2. The molecule has 164 valence electrons. The molecule has 0 bridgehead atoms. The zero-order valence-electron chi connectivity index (χ0n) is 17.2. The molecule has 0 amide bonds. The molecular formula is C22H30FN3O4. The molecule has 1 saturated heterocycles. The number of rotatable bonds is 9. The smallest absolute Gasteiger partial charge is 0.168 e. The van der Waals surface area contributed by atoms with Crippen LogP contribution in [0.4, 0.5) is 4.39 Å². The second-order valence-corrected chi connectivity index (χ2v) is 7.81. The second-order valence-electron chi connectivity index (χ2n) is 7.81. The molecule has 1 heterocycles. The number of aliphatic hydroxyl groups is 1. The number of aliphatic hydroxyl groups excluding tert-OH is 1. The minimum atomic E-state index is -0.383. The first kappa shape index (κ1) is 22.4. The Morgan fingerprint density at radius 1 is 1.10 bits per heavy atom. The molecule has 2 aliphatic rings. The molecule has 0 atom stereocenters. The standard InChI is InChI=1S/C22H30FN3O4/c23-18-2-1-3-19(14-18)30-16-17-12-21(28)20(22(29)13-17)15-24-4-5-25-6-8-26(9-7-25)10-11-27/h1-3,14-15,17,24,27H,4-13,16H2. The maximum Gasteiger partial charge on any atom is 0.168 e. The van der Waals surface area contributed by atoms with Gasteiger partial charge in [0.1, 0.15) is 11.6 Å². The van der Waals surface area contributed by atoms with Crippen molar-refractivity contribution in [1.29, 1.82) is 0 Å². The summed E-state index contributed by atoms with van der Waals surface area (Å²) in [6, 6.07) is 5.83. The quantitative estimate of drug-likeness (QED) is 0.349. The van der Waals surface area contributed by atoms with E-state index in [1.165, 1.54) is 12.1 Å². The molecule has 8 heteroatoms. The van der Waals surface area contributed by atoms with E-state index in [2.05, 4.69) is 15.1 Å². The van der Waals surface area contributed by atoms with Gasteiger partial charge in [0, 0.05) is 76.8 Å². The van der Waals surface area contributed by atoms with E-state index in [9.17, 15) is 14.0 Å². The summed E-state index contributed by atoms with van der Waals surface area (Å²) in [5, 5.41) is 12.1. The number of hydrogen-bond acceptors (Lipinski definition) is 7. The molecule has 0 radical (unpaired) electrons. The maximum atomic E-state index is 13.2. The lowest BCUT2D eigenvalue weighted by atomic mass is 9.84. The molecule has 0 aromatic heterocycles. The van der Waals surface area contributed by atoms with Gasteiger partial charge in [0.05, 0.1) is 18.8 Å². The molecule has 0 unspecified atom stereocenters. The Hall–Kier alpha value is -2.29. The van der Waals surface area contributed by atoms with Crippen LogP contribution in [0.1, 0.15) is 12.8 Å². The fraction of sp³-hybridized carbons (Fsp3) is 0.545. The predicted molar refractivity (Wildman–Crippen MR) is 111 cm³/mol. The van der Waals surface area contributed by atoms with Crippen molar-refractivity contribution >= 4 is 11.6 Å². The molecule has 3 rings (SSSR count). The third kappa shape index (κ3) is 6.62. The zero-order valence-corrected chi connectivity index (χ0v) is 17.2. The number of halogens is 1. The van der Waals surface area contributed by atoms with E-state index in [-0.39, 0.29) is 54.9 Å². The molecule has 30 heavy (non-hydrogen) atoms. The van der Waals surface area contributed by atoms with Crippen molar-refractivity contribution in [2.75, 3.05) is 59.0 Å². The van der Waals surface area contributed by atoms with Crippen molar-refractivity contribution in [1.82, 2.24) is 15.1 Å². The van der Waals surface area contributed by atoms with Crippen molar-refractivity contribution in [3.8, 4) is 5.75 Å². The van der Waals surface area contributed by atoms with Gasteiger partial charge in [-0.1, -0.05) is 6.07 Å². The van der Waals surface area contributed by atoms with Gasteiger partial charge in [-0.05, 0) is 12.1 Å². The fourth-order valence-electron chi connectivity index (χ4n) is 3.80. The highest BCUT2D eigenvalue weighted by Gasteiger charge is 2.30. The van der Waals surface area contributed by atoms with Crippen LogP contribution in [-0.4, -0.2) is 85.5 Å². The monoisotopic (exact) mass is 419 g/mol. The van der Waals surface area contributed by atoms with Crippen molar-refractivity contribution in [2.45, 2.75) is 12.8 Å². The van der Waals surface area contributed by atoms with E-state index in [1.807, 2.05) is 0 Å². The first-order valence-electron chi connectivity index (χ1n) is 10.5. The van der Waals surface area contributed by atoms with E-state index in [0.717, 1.165) is 39.3 Å². The van der Waals surface area contributed by atoms with Crippen LogP contribution in [0.2, 0.25) is 0 Å². The van der Waals surface area contributed by atoms with Gasteiger partial charge >= 0.3 is 0 Å². The van der Waals surface area contributed by atoms with E-state index in [1.54, 1.807) is 18.3 Å². The Bertz CT molecular complexity index is 743. The van der Waals surface area contributed by atoms with Gasteiger partial charge in [-0.3, -0.25) is 19.4 Å². The van der Waals surface area contributed by atoms with Gasteiger partial charge < -0.3 is 15.2 Å². The highest BCUT2D eigenvalue weighted by Crippen LogP contribution is 2.24. The molecule has 7 nitrogen and oxygen atoms in total. The zero-order chi connectivity index (χ0) is 21.3. The van der Waals surface area contributed by atoms with Crippen LogP contribution >= 0.6 is 0 Å². The van der Waals surface area contributed by atoms with Crippen LogP contribution in [0.25, 0.3) is 0 Å². The predicted octanol–water partition coefficient (Wildman–Crippen LogP) is 0.836. The first-order chi connectivity index (χ1) is 14.5. The number of Topliss-reactive ketones (excluding diaryl/α,β-unsaturated/α-hetero) is 2. The van der Waals surface area contributed by atoms with E-state index >= 15 is 0 Å². The van der Waals surface area contributed by atoms with Crippen molar-refractivity contribution in [3.05, 3.63) is 41.9 Å². The average molecular weight is 419 g/mol. The number of ether oxygens (including phenoxy) is 1. The lowest BCUT2D eigenvalue weighted by Gasteiger charge is -2.34. The summed E-state index contributed by atoms with van der Waals surface area (Å²) in [5.74, 6) is -0.532. The molecule has 1 aliphatic carbocycles. The highest BCUT2D eigenvalue weighted by atomic mass is 19.1. The number of β-amino-alcohol motifs (C(OH)–C–C–N with tert-alkyl or cyclic N) is 1. The summed E-state index contributed by atoms with van der Waals surface area (Å²) in [7, 11) is 0. The summed E-state index contributed by atoms with van der Waals surface area (Å²) >= 11 is 0. The third-order valence-electron chi connectivity index (χ3n) is 5.53. The third-order valence-corrected chi connectivity index (χ3v) is 5.53. The lowest BCUT2D eigenvalue weighted by molar-refractivity contribution is -0.125. The van der Waals surface area contributed by atoms with Gasteiger partial charge in [0.15, 0.2) is 11.6 Å². The summed E-state index contributed by atoms with van der Waals surface area (Å²) in [5.41, 5.74) is 0.227. The van der Waals surface area contributed by atoms with Crippen molar-refractivity contribution < 1.29 is 23.8 Å². The van der Waals surface area contributed by atoms with E-state index in [0.29, 0.717) is 12.3 Å². The Morgan fingerprint density at radius 3 is 2.40 bits per heavy atom. The van der Waals surface area contributed by atoms with Gasteiger partial charge in [0.25, 0.3) is 0 Å². The summed E-state index contributed by atoms with van der Waals surface area (Å²) < 4.78 is 18.8. The molecule has 1 aliphatic heterocycles. The molecule has 1 aromatic carbocycles. The van der Waals surface area contributed by atoms with Crippen LogP contribution < -0.4 is 10.1 Å². The number of piperazine rings is 1. The second kappa shape index (κ2) is 11.2. The van der Waals surface area contributed by atoms with Gasteiger partial charge in [0.2, 0.25) is 0 Å². The Kier molecular flexibility index (Phi) is 8.36. The number of nitrogens with zero attached hydrogens (tertiary/aromatic N) is 2. The Labute approximate surface area is 176 Å². The van der Waals surface area contributed by atoms with Crippen molar-refractivity contribution in [2.24, 2.45) is 5.92 Å². The molecular weight excluding hydrogens is 389 g/mol. The van der Waals surface area contributed by atoms with Gasteiger partial charge in [-0.2, -0.15) is 0 Å². The minimum absolute atomic E-state index is 0.177. The topological polar surface area (TPSA) is 82.1 Å². The number of carbonyl (C=O) groups excluding carboxylic acids is 2. The summed E-state index contributed by atoms with van der Waals surface area (Å²) in [4.78, 5) is 29.3. The number of benzene rings is 1. The SMILES string of the molecule is O=C1CC(COc2cccc(F)c2)CC(=O)C1=CNCCN1CCN(CCO)CC1. The van der Waals surface area contributed by atoms with Crippen LogP contribution in [0, 0.1) is 11.7 Å². The average Bonchev–Trinajstić information content (AvgIpc) is 2.72. The van der Waals surface area contributed by atoms with Crippen LogP contribution in [0.5, 0.6) is 5.75 Å². The minimum Gasteiger partial charge on any atom is -0.493 e. The normalized spacial score (nSPS) is 21.0. The molecule has 1 saturated carbocycles. The molecule has 2 fully saturated rings. The largest absolute Gasteiger partial charge is 0.493 e. The van der Waals surface area contributed by atoms with Crippen LogP contribution in [-0.2, 0) is 9.59 Å². The van der Waals surface area contributed by atoms with E-state index in [4.69, 9.17) is 9.84 Å². The first-order valence-corrected chi connectivity index (χ1v) is 10.5. The maximum absolute atomic E-state index is 13.2. The number of carbonyl (C=O) groups is 2. The Morgan fingerprint density at radius 2 is 1.77 bits per heavy atom. The van der Waals surface area contributed by atoms with Gasteiger partial charge in [-0.15, -0.1) is 0 Å². The van der Waals surface area contributed by atoms with Crippen LogP contribution in [0.15, 0.2) is 36.0 Å². The highest BCUT2D eigenvalue weighted by molar-refractivity contribution is 6.21. The molecule has 1 aromatic rings. The summed E-state index contributed by atoms with van der Waals surface area (Å²) in [6.45, 7) is 6.40. The lowest BCUT2D eigenvalue weighted by Crippen LogP contribution is -2.48. The van der Waals surface area contributed by atoms with E-state index < -0.39 is 0 Å². The fourth-order valence-corrected chi connectivity index (χ4v) is 3.80. The Balaban J connectivity index is 1.38. The molecule has 0 spiro atoms. The summed E-state index contributed by atoms with van der Waals surface area (Å²) in [6.07, 6.45) is 2.05. The van der Waals surface area contributed by atoms with Crippen molar-refractivity contribution in [3.63, 3.8) is 0 Å².